The molecule has 1 saturated heterocycles. The molecule has 24 heavy (non-hydrogen) atoms. The normalized spacial score (nSPS) is 20.1. The number of phenolic OH excluding ortho intramolecular Hbond substituents is 1. The number of amides is 1. The highest BCUT2D eigenvalue weighted by Crippen LogP contribution is 2.34. The first-order valence-corrected chi connectivity index (χ1v) is 7.74. The van der Waals surface area contributed by atoms with Crippen LogP contribution >= 0.6 is 0 Å². The van der Waals surface area contributed by atoms with Crippen LogP contribution in [0.5, 0.6) is 5.75 Å². The number of aromatic hydroxyl groups is 1. The van der Waals surface area contributed by atoms with Crippen LogP contribution in [0.4, 0.5) is 0 Å². The SMILES string of the molecule is COC(=O)[C@@H]1CN(C(=O)Cc2ccoc2)C[C@H]1c1ccc(O)cc1. The van der Waals surface area contributed by atoms with Crippen molar-refractivity contribution in [1.29, 1.82) is 0 Å². The molecule has 2 atom stereocenters. The Morgan fingerprint density at radius 2 is 2.00 bits per heavy atom. The molecule has 1 N–H and O–H groups in total. The van der Waals surface area contributed by atoms with Gasteiger partial charge < -0.3 is 19.2 Å². The van der Waals surface area contributed by atoms with E-state index in [1.165, 1.54) is 13.4 Å². The van der Waals surface area contributed by atoms with Crippen LogP contribution in [0.1, 0.15) is 17.0 Å². The number of rotatable bonds is 4. The third-order valence-electron chi connectivity index (χ3n) is 4.43. The Bertz CT molecular complexity index is 708. The van der Waals surface area contributed by atoms with E-state index >= 15 is 0 Å². The van der Waals surface area contributed by atoms with Gasteiger partial charge in [0.1, 0.15) is 5.75 Å². The maximum absolute atomic E-state index is 12.5. The lowest BCUT2D eigenvalue weighted by Gasteiger charge is -2.16. The summed E-state index contributed by atoms with van der Waals surface area (Å²) in [5.41, 5.74) is 1.71. The van der Waals surface area contributed by atoms with Gasteiger partial charge in [0.15, 0.2) is 0 Å². The molecule has 0 radical (unpaired) electrons. The summed E-state index contributed by atoms with van der Waals surface area (Å²) in [5.74, 6) is -0.767. The highest BCUT2D eigenvalue weighted by molar-refractivity contribution is 5.81. The molecule has 0 spiro atoms. The predicted molar refractivity (Wildman–Crippen MR) is 85.3 cm³/mol. The molecule has 0 unspecified atom stereocenters. The Hall–Kier alpha value is -2.76. The van der Waals surface area contributed by atoms with Crippen molar-refractivity contribution in [2.45, 2.75) is 12.3 Å². The molecule has 3 rings (SSSR count). The van der Waals surface area contributed by atoms with Crippen LogP contribution in [-0.4, -0.2) is 42.1 Å². The van der Waals surface area contributed by atoms with Gasteiger partial charge in [-0.15, -0.1) is 0 Å². The largest absolute Gasteiger partial charge is 0.508 e. The first-order chi connectivity index (χ1) is 11.6. The highest BCUT2D eigenvalue weighted by atomic mass is 16.5. The van der Waals surface area contributed by atoms with Gasteiger partial charge in [0, 0.05) is 19.0 Å². The third kappa shape index (κ3) is 3.27. The number of ether oxygens (including phenoxy) is 1. The van der Waals surface area contributed by atoms with E-state index in [1.54, 1.807) is 41.5 Å². The fourth-order valence-corrected chi connectivity index (χ4v) is 3.14. The van der Waals surface area contributed by atoms with E-state index in [4.69, 9.17) is 9.15 Å². The summed E-state index contributed by atoms with van der Waals surface area (Å²) in [6.45, 7) is 0.774. The molecule has 1 aromatic carbocycles. The van der Waals surface area contributed by atoms with Crippen LogP contribution < -0.4 is 0 Å². The van der Waals surface area contributed by atoms with Crippen molar-refractivity contribution in [2.75, 3.05) is 20.2 Å². The quantitative estimate of drug-likeness (QED) is 0.867. The molecule has 1 aromatic heterocycles. The van der Waals surface area contributed by atoms with Crippen LogP contribution in [0.15, 0.2) is 47.3 Å². The Balaban J connectivity index is 1.78. The van der Waals surface area contributed by atoms with Crippen LogP contribution in [0.3, 0.4) is 0 Å². The van der Waals surface area contributed by atoms with E-state index < -0.39 is 5.92 Å². The van der Waals surface area contributed by atoms with Crippen LogP contribution in [0, 0.1) is 5.92 Å². The smallest absolute Gasteiger partial charge is 0.311 e. The average Bonchev–Trinajstić information content (AvgIpc) is 3.24. The van der Waals surface area contributed by atoms with E-state index in [1.807, 2.05) is 0 Å². The summed E-state index contributed by atoms with van der Waals surface area (Å²) in [5, 5.41) is 9.44. The minimum absolute atomic E-state index is 0.0495. The minimum atomic E-state index is -0.409. The van der Waals surface area contributed by atoms with Gasteiger partial charge in [0.2, 0.25) is 5.91 Å². The van der Waals surface area contributed by atoms with Crippen molar-refractivity contribution in [3.8, 4) is 5.75 Å². The lowest BCUT2D eigenvalue weighted by Crippen LogP contribution is -2.31. The van der Waals surface area contributed by atoms with E-state index in [0.717, 1.165) is 11.1 Å². The summed E-state index contributed by atoms with van der Waals surface area (Å²) >= 11 is 0. The Labute approximate surface area is 139 Å². The number of carbonyl (C=O) groups is 2. The Kier molecular flexibility index (Phi) is 4.55. The number of likely N-dealkylation sites (tertiary alicyclic amines) is 1. The predicted octanol–water partition coefficient (Wildman–Crippen LogP) is 1.94. The fraction of sp³-hybridized carbons (Fsp3) is 0.333. The molecule has 1 amide bonds. The molecule has 0 bridgehead atoms. The summed E-state index contributed by atoms with van der Waals surface area (Å²) in [6.07, 6.45) is 3.32. The first-order valence-electron chi connectivity index (χ1n) is 7.74. The number of hydrogen-bond acceptors (Lipinski definition) is 5. The molecule has 1 aliphatic heterocycles. The molecule has 1 fully saturated rings. The van der Waals surface area contributed by atoms with E-state index in [9.17, 15) is 14.7 Å². The molecular weight excluding hydrogens is 310 g/mol. The number of nitrogens with zero attached hydrogens (tertiary/aromatic N) is 1. The number of esters is 1. The average molecular weight is 329 g/mol. The van der Waals surface area contributed by atoms with Gasteiger partial charge in [-0.1, -0.05) is 12.1 Å². The second kappa shape index (κ2) is 6.78. The van der Waals surface area contributed by atoms with Crippen molar-refractivity contribution in [1.82, 2.24) is 4.90 Å². The van der Waals surface area contributed by atoms with Crippen molar-refractivity contribution >= 4 is 11.9 Å². The lowest BCUT2D eigenvalue weighted by atomic mass is 9.89. The molecule has 6 nitrogen and oxygen atoms in total. The summed E-state index contributed by atoms with van der Waals surface area (Å²) in [4.78, 5) is 26.3. The first kappa shape index (κ1) is 16.1. The molecular formula is C18H19NO5. The lowest BCUT2D eigenvalue weighted by molar-refractivity contribution is -0.145. The van der Waals surface area contributed by atoms with Gasteiger partial charge in [-0.2, -0.15) is 0 Å². The second-order valence-corrected chi connectivity index (χ2v) is 5.93. The number of phenols is 1. The highest BCUT2D eigenvalue weighted by Gasteiger charge is 2.40. The van der Waals surface area contributed by atoms with Crippen molar-refractivity contribution in [3.63, 3.8) is 0 Å². The van der Waals surface area contributed by atoms with Crippen molar-refractivity contribution < 1.29 is 23.8 Å². The zero-order chi connectivity index (χ0) is 17.1. The zero-order valence-electron chi connectivity index (χ0n) is 13.3. The summed E-state index contributed by atoms with van der Waals surface area (Å²) in [6, 6.07) is 8.47. The molecule has 6 heteroatoms. The van der Waals surface area contributed by atoms with E-state index in [-0.39, 0.29) is 30.0 Å². The second-order valence-electron chi connectivity index (χ2n) is 5.93. The Morgan fingerprint density at radius 3 is 2.62 bits per heavy atom. The summed E-state index contributed by atoms with van der Waals surface area (Å²) < 4.78 is 9.89. The molecule has 0 aliphatic carbocycles. The minimum Gasteiger partial charge on any atom is -0.508 e. The molecule has 0 saturated carbocycles. The fourth-order valence-electron chi connectivity index (χ4n) is 3.14. The third-order valence-corrected chi connectivity index (χ3v) is 4.43. The van der Waals surface area contributed by atoms with Crippen molar-refractivity contribution in [3.05, 3.63) is 54.0 Å². The van der Waals surface area contributed by atoms with E-state index in [0.29, 0.717) is 13.1 Å². The summed E-state index contributed by atoms with van der Waals surface area (Å²) in [7, 11) is 1.35. The van der Waals surface area contributed by atoms with Crippen LogP contribution in [0.2, 0.25) is 0 Å². The van der Waals surface area contributed by atoms with Gasteiger partial charge >= 0.3 is 5.97 Å². The van der Waals surface area contributed by atoms with Gasteiger partial charge in [0.05, 0.1) is 32.0 Å². The van der Waals surface area contributed by atoms with Gasteiger partial charge in [-0.3, -0.25) is 9.59 Å². The van der Waals surface area contributed by atoms with Crippen LogP contribution in [0.25, 0.3) is 0 Å². The van der Waals surface area contributed by atoms with Gasteiger partial charge in [-0.25, -0.2) is 0 Å². The van der Waals surface area contributed by atoms with Crippen molar-refractivity contribution in [2.24, 2.45) is 5.92 Å². The number of methoxy groups -OCH3 is 1. The number of benzene rings is 1. The number of furan rings is 1. The van der Waals surface area contributed by atoms with Gasteiger partial charge in [0.25, 0.3) is 0 Å². The number of carbonyl (C=O) groups excluding carboxylic acids is 2. The zero-order valence-corrected chi connectivity index (χ0v) is 13.3. The standard InChI is InChI=1S/C18H19NO5/c1-23-18(22)16-10-19(17(21)8-12-6-7-24-11-12)9-15(16)13-2-4-14(20)5-3-13/h2-7,11,15-16,20H,8-10H2,1H3/t15-,16+/m0/s1. The molecule has 126 valence electrons. The maximum Gasteiger partial charge on any atom is 0.311 e. The van der Waals surface area contributed by atoms with E-state index in [2.05, 4.69) is 0 Å². The van der Waals surface area contributed by atoms with Crippen LogP contribution in [-0.2, 0) is 20.7 Å². The Morgan fingerprint density at radius 1 is 1.25 bits per heavy atom. The molecule has 2 aromatic rings. The topological polar surface area (TPSA) is 80.0 Å². The maximum atomic E-state index is 12.5. The molecule has 1 aliphatic rings. The monoisotopic (exact) mass is 329 g/mol. The molecule has 2 heterocycles. The number of hydrogen-bond donors (Lipinski definition) is 1. The van der Waals surface area contributed by atoms with Gasteiger partial charge in [-0.05, 0) is 29.3 Å².